The number of aliphatic hydroxyl groups is 3. The largest absolute Gasteiger partial charge is 0.493 e. The molecule has 0 spiro atoms. The number of amides is 2. The Labute approximate surface area is 249 Å². The summed E-state index contributed by atoms with van der Waals surface area (Å²) < 4.78 is 33.5. The highest BCUT2D eigenvalue weighted by atomic mass is 16.7. The maximum absolute atomic E-state index is 12.9. The molecular weight excluding hydrogens is 588 g/mol. The number of carbonyl (C=O) groups is 2. The minimum atomic E-state index is -1.80. The zero-order valence-electron chi connectivity index (χ0n) is 23.9. The van der Waals surface area contributed by atoms with E-state index < -0.39 is 78.0 Å². The fraction of sp³-hybridized carbons (Fsp3) is 0.481. The summed E-state index contributed by atoms with van der Waals surface area (Å²) in [6.07, 6.45) is -10.3. The Morgan fingerprint density at radius 1 is 1.09 bits per heavy atom. The molecule has 2 aliphatic heterocycles. The van der Waals surface area contributed by atoms with Crippen molar-refractivity contribution in [3.05, 3.63) is 68.7 Å². The Kier molecular flexibility index (Phi) is 10.4. The molecule has 0 saturated carbocycles. The fourth-order valence-corrected chi connectivity index (χ4v) is 4.83. The quantitative estimate of drug-likeness (QED) is 0.139. The second-order valence-electron chi connectivity index (χ2n) is 9.85. The lowest BCUT2D eigenvalue weighted by Crippen LogP contribution is -2.54. The molecule has 1 aromatic heterocycles. The van der Waals surface area contributed by atoms with Crippen molar-refractivity contribution in [3.8, 4) is 11.5 Å². The number of aliphatic hydroxyl groups excluding tert-OH is 3. The van der Waals surface area contributed by atoms with E-state index in [1.807, 2.05) is 4.98 Å². The van der Waals surface area contributed by atoms with Crippen LogP contribution in [0.25, 0.3) is 0 Å². The molecule has 2 amide bonds. The van der Waals surface area contributed by atoms with E-state index in [-0.39, 0.29) is 6.54 Å². The third-order valence-corrected chi connectivity index (χ3v) is 7.07. The first-order valence-electron chi connectivity index (χ1n) is 13.3. The van der Waals surface area contributed by atoms with Crippen molar-refractivity contribution in [2.24, 2.45) is 5.73 Å². The molecule has 240 valence electrons. The molecule has 3 heterocycles. The normalized spacial score (nSPS) is 27.1. The number of ether oxygens (including phenoxy) is 6. The highest BCUT2D eigenvalue weighted by Gasteiger charge is 2.52. The number of primary amides is 1. The van der Waals surface area contributed by atoms with E-state index >= 15 is 0 Å². The number of nitrogens with two attached hydrogens (primary N) is 1. The molecular formula is C27H34N4O13. The van der Waals surface area contributed by atoms with Crippen molar-refractivity contribution in [2.45, 2.75) is 55.6 Å². The minimum absolute atomic E-state index is 0.151. The second-order valence-corrected chi connectivity index (χ2v) is 9.85. The van der Waals surface area contributed by atoms with Crippen LogP contribution >= 0.6 is 0 Å². The van der Waals surface area contributed by atoms with Crippen LogP contribution in [-0.2, 0) is 35.0 Å². The van der Waals surface area contributed by atoms with Crippen LogP contribution < -0.4 is 31.8 Å². The van der Waals surface area contributed by atoms with E-state index in [2.05, 4.69) is 5.32 Å². The van der Waals surface area contributed by atoms with Gasteiger partial charge in [0.2, 0.25) is 12.2 Å². The number of rotatable bonds is 12. The number of aromatic nitrogens is 2. The first kappa shape index (κ1) is 32.6. The van der Waals surface area contributed by atoms with Gasteiger partial charge in [-0.3, -0.25) is 23.9 Å². The van der Waals surface area contributed by atoms with Crippen LogP contribution in [0, 0.1) is 0 Å². The molecule has 17 nitrogen and oxygen atoms in total. The van der Waals surface area contributed by atoms with Gasteiger partial charge in [-0.05, 0) is 30.2 Å². The molecule has 0 radical (unpaired) electrons. The monoisotopic (exact) mass is 622 g/mol. The zero-order valence-corrected chi connectivity index (χ0v) is 23.9. The minimum Gasteiger partial charge on any atom is -0.493 e. The maximum atomic E-state index is 12.9. The molecule has 7 N–H and O–H groups in total. The summed E-state index contributed by atoms with van der Waals surface area (Å²) >= 11 is 0. The average Bonchev–Trinajstić information content (AvgIpc) is 3.32. The Morgan fingerprint density at radius 2 is 1.82 bits per heavy atom. The highest BCUT2D eigenvalue weighted by molar-refractivity contribution is 5.91. The number of hydrogen-bond acceptors (Lipinski definition) is 13. The first-order valence-corrected chi connectivity index (χ1v) is 13.3. The summed E-state index contributed by atoms with van der Waals surface area (Å²) in [5.41, 5.74) is 4.79. The number of methoxy groups -OCH3 is 3. The van der Waals surface area contributed by atoms with Gasteiger partial charge < -0.3 is 54.8 Å². The lowest BCUT2D eigenvalue weighted by Gasteiger charge is -2.35. The number of hydrogen-bond donors (Lipinski definition) is 6. The molecule has 17 heteroatoms. The van der Waals surface area contributed by atoms with Gasteiger partial charge in [0, 0.05) is 25.9 Å². The maximum Gasteiger partial charge on any atom is 0.330 e. The van der Waals surface area contributed by atoms with Crippen LogP contribution in [0.15, 0.2) is 51.9 Å². The number of carbonyl (C=O) groups excluding carboxylic acids is 2. The van der Waals surface area contributed by atoms with Gasteiger partial charge in [0.25, 0.3) is 11.5 Å². The van der Waals surface area contributed by atoms with Gasteiger partial charge >= 0.3 is 5.69 Å². The predicted octanol–water partition coefficient (Wildman–Crippen LogP) is -2.98. The van der Waals surface area contributed by atoms with Crippen molar-refractivity contribution >= 4 is 11.8 Å². The van der Waals surface area contributed by atoms with Crippen LogP contribution in [0.4, 0.5) is 0 Å². The molecule has 1 saturated heterocycles. The fourth-order valence-electron chi connectivity index (χ4n) is 4.83. The molecule has 4 rings (SSSR count). The number of benzene rings is 1. The van der Waals surface area contributed by atoms with Crippen LogP contribution in [0.2, 0.25) is 0 Å². The third kappa shape index (κ3) is 6.93. The van der Waals surface area contributed by atoms with Crippen LogP contribution in [0.5, 0.6) is 11.5 Å². The van der Waals surface area contributed by atoms with Gasteiger partial charge in [-0.1, -0.05) is 6.07 Å². The van der Waals surface area contributed by atoms with Crippen molar-refractivity contribution in [1.29, 1.82) is 0 Å². The summed E-state index contributed by atoms with van der Waals surface area (Å²) in [6.45, 7) is 0.151. The van der Waals surface area contributed by atoms with E-state index in [1.165, 1.54) is 21.3 Å². The standard InChI is InChI=1S/C27H34N4O13/c1-39-14-5-4-12(10-15(14)40-2)6-8-29-24(37)16-11-13(32)18(34)26(42-16)44-22(23(28)36)21-20(41-3)19(35)25(43-21)31-9-7-17(33)30-27(31)38/h4-5,7,9-11,13,18-22,25-26,32,34-35H,6,8H2,1-3H3,(H2,28,36)(H,29,37)(H,30,33,38)/t13-,18-,19+,20-,21-,22+,25+,26+/m0/s1. The number of nitrogens with one attached hydrogen (secondary N) is 2. The van der Waals surface area contributed by atoms with Crippen molar-refractivity contribution in [2.75, 3.05) is 27.9 Å². The van der Waals surface area contributed by atoms with Crippen LogP contribution in [0.3, 0.4) is 0 Å². The Bertz CT molecular complexity index is 1490. The van der Waals surface area contributed by atoms with E-state index in [0.29, 0.717) is 17.9 Å². The van der Waals surface area contributed by atoms with E-state index in [1.54, 1.807) is 18.2 Å². The van der Waals surface area contributed by atoms with Crippen LogP contribution in [0.1, 0.15) is 11.8 Å². The second kappa shape index (κ2) is 14.0. The lowest BCUT2D eigenvalue weighted by atomic mass is 10.0. The molecule has 44 heavy (non-hydrogen) atoms. The zero-order chi connectivity index (χ0) is 32.1. The van der Waals surface area contributed by atoms with E-state index in [9.17, 15) is 34.5 Å². The Morgan fingerprint density at radius 3 is 2.45 bits per heavy atom. The van der Waals surface area contributed by atoms with Gasteiger partial charge in [-0.25, -0.2) is 4.79 Å². The van der Waals surface area contributed by atoms with Gasteiger partial charge in [-0.2, -0.15) is 0 Å². The summed E-state index contributed by atoms with van der Waals surface area (Å²) in [7, 11) is 4.21. The molecule has 1 fully saturated rings. The number of nitrogens with zero attached hydrogens (tertiary/aromatic N) is 1. The van der Waals surface area contributed by atoms with Crippen LogP contribution in [-0.4, -0.2) is 107 Å². The summed E-state index contributed by atoms with van der Waals surface area (Å²) in [5, 5.41) is 34.4. The SMILES string of the molecule is COc1ccc(CCNC(=O)C2=C[C@H](O)[C@H](O)[C@@H](O[C@@H](C(N)=O)[C@H]3O[C@@H](n4ccc(=O)[nH]c4=O)[C@H](O)[C@@H]3OC)O2)cc1OC. The van der Waals surface area contributed by atoms with Crippen molar-refractivity contribution < 1.29 is 53.3 Å². The summed E-state index contributed by atoms with van der Waals surface area (Å²) in [6, 6.07) is 6.29. The predicted molar refractivity (Wildman–Crippen MR) is 147 cm³/mol. The van der Waals surface area contributed by atoms with Crippen molar-refractivity contribution in [1.82, 2.24) is 14.9 Å². The van der Waals surface area contributed by atoms with Gasteiger partial charge in [0.1, 0.15) is 30.5 Å². The lowest BCUT2D eigenvalue weighted by molar-refractivity contribution is -0.241. The Balaban J connectivity index is 1.45. The molecule has 2 aliphatic rings. The molecule has 0 bridgehead atoms. The topological polar surface area (TPSA) is 243 Å². The van der Waals surface area contributed by atoms with Gasteiger partial charge in [-0.15, -0.1) is 0 Å². The molecule has 2 aromatic rings. The molecule has 0 aliphatic carbocycles. The van der Waals surface area contributed by atoms with E-state index in [0.717, 1.165) is 28.5 Å². The molecule has 0 unspecified atom stereocenters. The first-order chi connectivity index (χ1) is 21.0. The van der Waals surface area contributed by atoms with E-state index in [4.69, 9.17) is 34.2 Å². The summed E-state index contributed by atoms with van der Waals surface area (Å²) in [4.78, 5) is 51.1. The number of aromatic amines is 1. The average molecular weight is 623 g/mol. The van der Waals surface area contributed by atoms with Gasteiger partial charge in [0.05, 0.1) is 14.2 Å². The van der Waals surface area contributed by atoms with Crippen molar-refractivity contribution in [3.63, 3.8) is 0 Å². The molecule has 8 atom stereocenters. The Hall–Kier alpha value is -4.26. The van der Waals surface area contributed by atoms with Gasteiger partial charge in [0.15, 0.2) is 29.6 Å². The summed E-state index contributed by atoms with van der Waals surface area (Å²) in [5.74, 6) is -1.23. The highest BCUT2D eigenvalue weighted by Crippen LogP contribution is 2.34. The smallest absolute Gasteiger partial charge is 0.330 e. The number of H-pyrrole nitrogens is 1. The third-order valence-electron chi connectivity index (χ3n) is 7.07. The molecule has 1 aromatic carbocycles.